The zero-order chi connectivity index (χ0) is 11.7. The molecule has 0 saturated heterocycles. The fourth-order valence-corrected chi connectivity index (χ4v) is 2.70. The van der Waals surface area contributed by atoms with Crippen LogP contribution in [0.4, 0.5) is 5.82 Å². The first-order chi connectivity index (χ1) is 7.61. The number of nitrogen functional groups attached to an aromatic ring is 1. The van der Waals surface area contributed by atoms with E-state index in [0.717, 1.165) is 25.7 Å². The Morgan fingerprint density at radius 3 is 2.69 bits per heavy atom. The summed E-state index contributed by atoms with van der Waals surface area (Å²) >= 11 is 5.04. The highest BCUT2D eigenvalue weighted by molar-refractivity contribution is 9.10. The molecule has 0 spiro atoms. The van der Waals surface area contributed by atoms with Gasteiger partial charge in [0, 0.05) is 10.4 Å². The van der Waals surface area contributed by atoms with Crippen molar-refractivity contribution in [2.75, 3.05) is 12.8 Å². The van der Waals surface area contributed by atoms with Crippen molar-refractivity contribution in [1.82, 2.24) is 4.98 Å². The molecule has 2 aromatic rings. The summed E-state index contributed by atoms with van der Waals surface area (Å²) < 4.78 is 6.09. The summed E-state index contributed by atoms with van der Waals surface area (Å²) in [5.41, 5.74) is 6.77. The van der Waals surface area contributed by atoms with E-state index in [-0.39, 0.29) is 0 Å². The summed E-state index contributed by atoms with van der Waals surface area (Å²) in [7, 11) is 1.64. The quantitative estimate of drug-likeness (QED) is 0.923. The van der Waals surface area contributed by atoms with Crippen LogP contribution in [-0.4, -0.2) is 12.1 Å². The molecular weight excluding hydrogens is 288 g/mol. The standard InChI is InChI=1S/C11H11BrN2OS/c1-6-10(13)14-11(16-6)7-3-4-9(15-2)8(12)5-7/h3-5H,13H2,1-2H3. The molecule has 1 aromatic heterocycles. The molecule has 16 heavy (non-hydrogen) atoms. The van der Waals surface area contributed by atoms with Crippen LogP contribution in [0.15, 0.2) is 22.7 Å². The van der Waals surface area contributed by atoms with Gasteiger partial charge in [0.2, 0.25) is 0 Å². The van der Waals surface area contributed by atoms with Crippen LogP contribution in [-0.2, 0) is 0 Å². The Morgan fingerprint density at radius 2 is 2.19 bits per heavy atom. The highest BCUT2D eigenvalue weighted by atomic mass is 79.9. The molecule has 0 aliphatic heterocycles. The van der Waals surface area contributed by atoms with Crippen molar-refractivity contribution in [2.45, 2.75) is 6.92 Å². The van der Waals surface area contributed by atoms with E-state index in [1.165, 1.54) is 0 Å². The number of nitrogens with zero attached hydrogens (tertiary/aromatic N) is 1. The molecule has 0 fully saturated rings. The number of nitrogens with two attached hydrogens (primary N) is 1. The van der Waals surface area contributed by atoms with E-state index in [2.05, 4.69) is 20.9 Å². The van der Waals surface area contributed by atoms with Gasteiger partial charge in [0.1, 0.15) is 16.6 Å². The Hall–Kier alpha value is -1.07. The Bertz CT molecular complexity index is 505. The molecule has 84 valence electrons. The predicted molar refractivity (Wildman–Crippen MR) is 71.0 cm³/mol. The van der Waals surface area contributed by atoms with Crippen molar-refractivity contribution in [3.63, 3.8) is 0 Å². The summed E-state index contributed by atoms with van der Waals surface area (Å²) in [6.07, 6.45) is 0. The molecule has 0 amide bonds. The number of aromatic nitrogens is 1. The number of ether oxygens (including phenoxy) is 1. The third kappa shape index (κ3) is 2.05. The molecule has 5 heteroatoms. The number of thiazole rings is 1. The van der Waals surface area contributed by atoms with Gasteiger partial charge in [-0.3, -0.25) is 0 Å². The number of aryl methyl sites for hydroxylation is 1. The largest absolute Gasteiger partial charge is 0.496 e. The van der Waals surface area contributed by atoms with Crippen LogP contribution >= 0.6 is 27.3 Å². The van der Waals surface area contributed by atoms with Gasteiger partial charge < -0.3 is 10.5 Å². The second kappa shape index (κ2) is 4.43. The van der Waals surface area contributed by atoms with Crippen LogP contribution in [0, 0.1) is 6.92 Å². The van der Waals surface area contributed by atoms with E-state index in [1.807, 2.05) is 25.1 Å². The molecule has 0 radical (unpaired) electrons. The summed E-state index contributed by atoms with van der Waals surface area (Å²) in [4.78, 5) is 5.36. The number of hydrogen-bond acceptors (Lipinski definition) is 4. The Morgan fingerprint density at radius 1 is 1.44 bits per heavy atom. The molecule has 2 N–H and O–H groups in total. The van der Waals surface area contributed by atoms with Gasteiger partial charge in [-0.1, -0.05) is 0 Å². The number of hydrogen-bond donors (Lipinski definition) is 1. The van der Waals surface area contributed by atoms with Crippen molar-refractivity contribution in [3.05, 3.63) is 27.5 Å². The number of methoxy groups -OCH3 is 1. The number of rotatable bonds is 2. The monoisotopic (exact) mass is 298 g/mol. The summed E-state index contributed by atoms with van der Waals surface area (Å²) in [6, 6.07) is 5.87. The van der Waals surface area contributed by atoms with Gasteiger partial charge in [-0.15, -0.1) is 11.3 Å². The first kappa shape index (κ1) is 11.4. The molecule has 0 bridgehead atoms. The van der Waals surface area contributed by atoms with Gasteiger partial charge in [-0.05, 0) is 41.1 Å². The zero-order valence-electron chi connectivity index (χ0n) is 8.95. The summed E-state index contributed by atoms with van der Waals surface area (Å²) in [5, 5.41) is 0.929. The highest BCUT2D eigenvalue weighted by Crippen LogP contribution is 2.33. The molecule has 0 saturated carbocycles. The van der Waals surface area contributed by atoms with Crippen molar-refractivity contribution in [2.24, 2.45) is 0 Å². The molecule has 1 aromatic carbocycles. The Balaban J connectivity index is 2.45. The van der Waals surface area contributed by atoms with E-state index in [9.17, 15) is 0 Å². The van der Waals surface area contributed by atoms with Crippen LogP contribution in [0.25, 0.3) is 10.6 Å². The minimum absolute atomic E-state index is 0.604. The van der Waals surface area contributed by atoms with Crippen molar-refractivity contribution < 1.29 is 4.74 Å². The van der Waals surface area contributed by atoms with Crippen LogP contribution in [0.1, 0.15) is 4.88 Å². The second-order valence-corrected chi connectivity index (χ2v) is 5.37. The minimum Gasteiger partial charge on any atom is -0.496 e. The van der Waals surface area contributed by atoms with Gasteiger partial charge in [-0.25, -0.2) is 4.98 Å². The highest BCUT2D eigenvalue weighted by Gasteiger charge is 2.08. The van der Waals surface area contributed by atoms with Crippen molar-refractivity contribution in [1.29, 1.82) is 0 Å². The van der Waals surface area contributed by atoms with Crippen LogP contribution in [0.2, 0.25) is 0 Å². The maximum absolute atomic E-state index is 5.73. The lowest BCUT2D eigenvalue weighted by Crippen LogP contribution is -1.87. The van der Waals surface area contributed by atoms with Crippen molar-refractivity contribution in [3.8, 4) is 16.3 Å². The number of benzene rings is 1. The third-order valence-corrected chi connectivity index (χ3v) is 3.89. The molecular formula is C11H11BrN2OS. The van der Waals surface area contributed by atoms with Gasteiger partial charge in [0.05, 0.1) is 11.6 Å². The number of anilines is 1. The van der Waals surface area contributed by atoms with E-state index in [0.29, 0.717) is 5.82 Å². The van der Waals surface area contributed by atoms with Crippen LogP contribution in [0.5, 0.6) is 5.75 Å². The lowest BCUT2D eigenvalue weighted by atomic mass is 10.2. The first-order valence-electron chi connectivity index (χ1n) is 4.68. The van der Waals surface area contributed by atoms with E-state index >= 15 is 0 Å². The lowest BCUT2D eigenvalue weighted by molar-refractivity contribution is 0.412. The molecule has 0 aliphatic rings. The molecule has 0 aliphatic carbocycles. The van der Waals surface area contributed by atoms with Crippen molar-refractivity contribution >= 4 is 33.1 Å². The minimum atomic E-state index is 0.604. The Labute approximate surface area is 106 Å². The maximum atomic E-state index is 5.73. The maximum Gasteiger partial charge on any atom is 0.138 e. The van der Waals surface area contributed by atoms with Crippen LogP contribution in [0.3, 0.4) is 0 Å². The summed E-state index contributed by atoms with van der Waals surface area (Å²) in [6.45, 7) is 1.97. The fraction of sp³-hybridized carbons (Fsp3) is 0.182. The van der Waals surface area contributed by atoms with Gasteiger partial charge in [-0.2, -0.15) is 0 Å². The van der Waals surface area contributed by atoms with Crippen LogP contribution < -0.4 is 10.5 Å². The van der Waals surface area contributed by atoms with Gasteiger partial charge >= 0.3 is 0 Å². The SMILES string of the molecule is COc1ccc(-c2nc(N)c(C)s2)cc1Br. The van der Waals surface area contributed by atoms with Gasteiger partial charge in [0.25, 0.3) is 0 Å². The second-order valence-electron chi connectivity index (χ2n) is 3.31. The Kier molecular flexibility index (Phi) is 3.16. The summed E-state index contributed by atoms with van der Waals surface area (Å²) in [5.74, 6) is 1.41. The predicted octanol–water partition coefficient (Wildman–Crippen LogP) is 3.47. The van der Waals surface area contributed by atoms with Gasteiger partial charge in [0.15, 0.2) is 0 Å². The molecule has 0 unspecified atom stereocenters. The molecule has 3 nitrogen and oxygen atoms in total. The lowest BCUT2D eigenvalue weighted by Gasteiger charge is -2.03. The molecule has 2 rings (SSSR count). The topological polar surface area (TPSA) is 48.1 Å². The van der Waals surface area contributed by atoms with E-state index in [4.69, 9.17) is 10.5 Å². The average Bonchev–Trinajstić information content (AvgIpc) is 2.59. The third-order valence-electron chi connectivity index (χ3n) is 2.23. The fourth-order valence-electron chi connectivity index (χ4n) is 1.33. The zero-order valence-corrected chi connectivity index (χ0v) is 11.4. The van der Waals surface area contributed by atoms with E-state index in [1.54, 1.807) is 18.4 Å². The smallest absolute Gasteiger partial charge is 0.138 e. The van der Waals surface area contributed by atoms with E-state index < -0.39 is 0 Å². The first-order valence-corrected chi connectivity index (χ1v) is 6.29. The molecule has 0 atom stereocenters. The average molecular weight is 299 g/mol. The number of halogens is 1. The normalized spacial score (nSPS) is 10.4. The molecule has 1 heterocycles.